The van der Waals surface area contributed by atoms with Crippen molar-refractivity contribution >= 4 is 5.78 Å². The first kappa shape index (κ1) is 15.6. The lowest BCUT2D eigenvalue weighted by Gasteiger charge is -2.14. The molecule has 0 radical (unpaired) electrons. The standard InChI is InChI=1S/C14H29NO/c1-12(2)13(3)14(16)10-8-6-7-9-11-15(4)5/h12-13H,6-11H2,1-5H3. The number of hydrogen-bond acceptors (Lipinski definition) is 2. The van der Waals surface area contributed by atoms with E-state index in [0.29, 0.717) is 11.7 Å². The molecule has 0 aromatic heterocycles. The van der Waals surface area contributed by atoms with Crippen molar-refractivity contribution in [3.8, 4) is 0 Å². The topological polar surface area (TPSA) is 20.3 Å². The van der Waals surface area contributed by atoms with Crippen LogP contribution in [0.1, 0.15) is 52.9 Å². The zero-order chi connectivity index (χ0) is 12.6. The zero-order valence-corrected chi connectivity index (χ0v) is 11.8. The van der Waals surface area contributed by atoms with Gasteiger partial charge in [-0.1, -0.05) is 33.6 Å². The summed E-state index contributed by atoms with van der Waals surface area (Å²) in [5.41, 5.74) is 0. The van der Waals surface area contributed by atoms with E-state index in [4.69, 9.17) is 0 Å². The van der Waals surface area contributed by atoms with E-state index in [1.54, 1.807) is 0 Å². The summed E-state index contributed by atoms with van der Waals surface area (Å²) in [5, 5.41) is 0. The largest absolute Gasteiger partial charge is 0.309 e. The molecule has 16 heavy (non-hydrogen) atoms. The first-order valence-corrected chi connectivity index (χ1v) is 6.62. The van der Waals surface area contributed by atoms with Crippen LogP contribution in [0.15, 0.2) is 0 Å². The second-order valence-electron chi connectivity index (χ2n) is 5.47. The third-order valence-corrected chi connectivity index (χ3v) is 3.29. The van der Waals surface area contributed by atoms with Gasteiger partial charge in [-0.05, 0) is 39.4 Å². The van der Waals surface area contributed by atoms with Gasteiger partial charge in [0.25, 0.3) is 0 Å². The Morgan fingerprint density at radius 3 is 2.06 bits per heavy atom. The maximum Gasteiger partial charge on any atom is 0.135 e. The van der Waals surface area contributed by atoms with Crippen molar-refractivity contribution in [2.75, 3.05) is 20.6 Å². The van der Waals surface area contributed by atoms with Crippen molar-refractivity contribution in [2.45, 2.75) is 52.9 Å². The average Bonchev–Trinajstić information content (AvgIpc) is 2.21. The van der Waals surface area contributed by atoms with Gasteiger partial charge < -0.3 is 4.90 Å². The van der Waals surface area contributed by atoms with E-state index < -0.39 is 0 Å². The molecule has 0 aromatic rings. The molecule has 0 aliphatic heterocycles. The number of hydrogen-bond donors (Lipinski definition) is 0. The molecule has 0 fully saturated rings. The predicted octanol–water partition coefficient (Wildman–Crippen LogP) is 3.36. The summed E-state index contributed by atoms with van der Waals surface area (Å²) in [6, 6.07) is 0. The van der Waals surface area contributed by atoms with E-state index in [1.807, 2.05) is 0 Å². The zero-order valence-electron chi connectivity index (χ0n) is 11.8. The van der Waals surface area contributed by atoms with Gasteiger partial charge in [0.05, 0.1) is 0 Å². The highest BCUT2D eigenvalue weighted by atomic mass is 16.1. The fourth-order valence-electron chi connectivity index (χ4n) is 1.68. The van der Waals surface area contributed by atoms with Crippen LogP contribution in [0.25, 0.3) is 0 Å². The van der Waals surface area contributed by atoms with Crippen LogP contribution in [0.5, 0.6) is 0 Å². The first-order chi connectivity index (χ1) is 7.45. The van der Waals surface area contributed by atoms with Crippen LogP contribution in [0.4, 0.5) is 0 Å². The van der Waals surface area contributed by atoms with E-state index >= 15 is 0 Å². The molecule has 2 heteroatoms. The summed E-state index contributed by atoms with van der Waals surface area (Å²) in [6.07, 6.45) is 5.55. The lowest BCUT2D eigenvalue weighted by atomic mass is 9.91. The fraction of sp³-hybridized carbons (Fsp3) is 0.929. The third-order valence-electron chi connectivity index (χ3n) is 3.29. The van der Waals surface area contributed by atoms with Crippen molar-refractivity contribution in [1.82, 2.24) is 4.90 Å². The molecule has 0 saturated carbocycles. The van der Waals surface area contributed by atoms with Gasteiger partial charge in [0, 0.05) is 12.3 Å². The Balaban J connectivity index is 3.41. The fourth-order valence-corrected chi connectivity index (χ4v) is 1.68. The quantitative estimate of drug-likeness (QED) is 0.563. The number of nitrogens with zero attached hydrogens (tertiary/aromatic N) is 1. The molecule has 0 N–H and O–H groups in total. The molecule has 0 heterocycles. The maximum atomic E-state index is 11.7. The van der Waals surface area contributed by atoms with Gasteiger partial charge in [-0.25, -0.2) is 0 Å². The Morgan fingerprint density at radius 1 is 1.00 bits per heavy atom. The van der Waals surface area contributed by atoms with Crippen LogP contribution in [0.3, 0.4) is 0 Å². The molecule has 1 unspecified atom stereocenters. The van der Waals surface area contributed by atoms with Crippen LogP contribution in [-0.4, -0.2) is 31.3 Å². The Labute approximate surface area is 101 Å². The number of unbranched alkanes of at least 4 members (excludes halogenated alkanes) is 3. The molecule has 1 atom stereocenters. The Morgan fingerprint density at radius 2 is 1.56 bits per heavy atom. The lowest BCUT2D eigenvalue weighted by molar-refractivity contribution is -0.123. The van der Waals surface area contributed by atoms with Crippen LogP contribution in [0, 0.1) is 11.8 Å². The number of rotatable bonds is 9. The van der Waals surface area contributed by atoms with Crippen LogP contribution < -0.4 is 0 Å². The van der Waals surface area contributed by atoms with Gasteiger partial charge in [0.2, 0.25) is 0 Å². The predicted molar refractivity (Wildman–Crippen MR) is 70.6 cm³/mol. The third kappa shape index (κ3) is 7.86. The highest BCUT2D eigenvalue weighted by Crippen LogP contribution is 2.15. The van der Waals surface area contributed by atoms with Crippen molar-refractivity contribution in [2.24, 2.45) is 11.8 Å². The van der Waals surface area contributed by atoms with Crippen LogP contribution in [0.2, 0.25) is 0 Å². The number of carbonyl (C=O) groups excluding carboxylic acids is 1. The van der Waals surface area contributed by atoms with Crippen LogP contribution >= 0.6 is 0 Å². The molecule has 0 aliphatic carbocycles. The second-order valence-corrected chi connectivity index (χ2v) is 5.47. The SMILES string of the molecule is CC(C)C(C)C(=O)CCCCCCN(C)C. The Kier molecular flexibility index (Phi) is 8.54. The molecule has 0 aliphatic rings. The molecule has 0 saturated heterocycles. The minimum absolute atomic E-state index is 0.238. The maximum absolute atomic E-state index is 11.7. The summed E-state index contributed by atoms with van der Waals surface area (Å²) >= 11 is 0. The minimum Gasteiger partial charge on any atom is -0.309 e. The van der Waals surface area contributed by atoms with Crippen molar-refractivity contribution in [3.05, 3.63) is 0 Å². The van der Waals surface area contributed by atoms with Crippen molar-refractivity contribution in [1.29, 1.82) is 0 Å². The summed E-state index contributed by atoms with van der Waals surface area (Å²) < 4.78 is 0. The average molecular weight is 227 g/mol. The van der Waals surface area contributed by atoms with E-state index in [-0.39, 0.29) is 5.92 Å². The molecular weight excluding hydrogens is 198 g/mol. The Bertz CT molecular complexity index is 187. The Hall–Kier alpha value is -0.370. The number of carbonyl (C=O) groups is 1. The molecule has 0 aromatic carbocycles. The van der Waals surface area contributed by atoms with E-state index in [9.17, 15) is 4.79 Å². The van der Waals surface area contributed by atoms with Gasteiger partial charge in [-0.3, -0.25) is 4.79 Å². The molecule has 96 valence electrons. The minimum atomic E-state index is 0.238. The number of Topliss-reactive ketones (excluding diaryl/α,β-unsaturated/α-hetero) is 1. The first-order valence-electron chi connectivity index (χ1n) is 6.62. The molecular formula is C14H29NO. The van der Waals surface area contributed by atoms with Gasteiger partial charge in [0.1, 0.15) is 5.78 Å². The molecule has 0 amide bonds. The molecule has 0 spiro atoms. The monoisotopic (exact) mass is 227 g/mol. The second kappa shape index (κ2) is 8.74. The highest BCUT2D eigenvalue weighted by Gasteiger charge is 2.15. The van der Waals surface area contributed by atoms with E-state index in [0.717, 1.165) is 19.4 Å². The normalized spacial score (nSPS) is 13.4. The van der Waals surface area contributed by atoms with Gasteiger partial charge in [0.15, 0.2) is 0 Å². The molecule has 2 nitrogen and oxygen atoms in total. The summed E-state index contributed by atoms with van der Waals surface area (Å²) in [5.74, 6) is 1.17. The summed E-state index contributed by atoms with van der Waals surface area (Å²) in [4.78, 5) is 13.9. The van der Waals surface area contributed by atoms with Crippen LogP contribution in [-0.2, 0) is 4.79 Å². The number of ketones is 1. The highest BCUT2D eigenvalue weighted by molar-refractivity contribution is 5.80. The summed E-state index contributed by atoms with van der Waals surface area (Å²) in [6.45, 7) is 7.47. The van der Waals surface area contributed by atoms with Gasteiger partial charge >= 0.3 is 0 Å². The molecule has 0 rings (SSSR count). The van der Waals surface area contributed by atoms with Gasteiger partial charge in [-0.2, -0.15) is 0 Å². The smallest absolute Gasteiger partial charge is 0.135 e. The molecule has 0 bridgehead atoms. The lowest BCUT2D eigenvalue weighted by Crippen LogP contribution is -2.16. The van der Waals surface area contributed by atoms with Crippen molar-refractivity contribution < 1.29 is 4.79 Å². The van der Waals surface area contributed by atoms with Gasteiger partial charge in [-0.15, -0.1) is 0 Å². The van der Waals surface area contributed by atoms with Crippen molar-refractivity contribution in [3.63, 3.8) is 0 Å². The van der Waals surface area contributed by atoms with E-state index in [2.05, 4.69) is 39.8 Å². The van der Waals surface area contributed by atoms with E-state index in [1.165, 1.54) is 19.3 Å². The summed E-state index contributed by atoms with van der Waals surface area (Å²) in [7, 11) is 4.21.